The van der Waals surface area contributed by atoms with Gasteiger partial charge in [0.15, 0.2) is 6.29 Å². The third-order valence-corrected chi connectivity index (χ3v) is 3.69. The predicted octanol–water partition coefficient (Wildman–Crippen LogP) is 3.83. The first-order chi connectivity index (χ1) is 8.88. The summed E-state index contributed by atoms with van der Waals surface area (Å²) >= 11 is 0. The SMILES string of the molecule is O=Cc1cc(C2CCC2)cnc1-c1ccccc1. The van der Waals surface area contributed by atoms with Gasteiger partial charge < -0.3 is 0 Å². The number of carbonyl (C=O) groups is 1. The molecule has 1 aliphatic carbocycles. The van der Waals surface area contributed by atoms with Crippen molar-refractivity contribution in [2.75, 3.05) is 0 Å². The lowest BCUT2D eigenvalue weighted by Gasteiger charge is -2.25. The van der Waals surface area contributed by atoms with Crippen LogP contribution >= 0.6 is 0 Å². The number of pyridine rings is 1. The zero-order valence-electron chi connectivity index (χ0n) is 10.2. The highest BCUT2D eigenvalue weighted by Crippen LogP contribution is 2.37. The van der Waals surface area contributed by atoms with E-state index >= 15 is 0 Å². The smallest absolute Gasteiger partial charge is 0.152 e. The van der Waals surface area contributed by atoms with Crippen molar-refractivity contribution in [1.29, 1.82) is 0 Å². The van der Waals surface area contributed by atoms with E-state index in [1.54, 1.807) is 0 Å². The molecule has 90 valence electrons. The number of aldehydes is 1. The summed E-state index contributed by atoms with van der Waals surface area (Å²) in [5, 5.41) is 0. The third-order valence-electron chi connectivity index (χ3n) is 3.69. The van der Waals surface area contributed by atoms with Crippen molar-refractivity contribution in [1.82, 2.24) is 4.98 Å². The molecule has 2 aromatic rings. The van der Waals surface area contributed by atoms with E-state index in [1.165, 1.54) is 24.8 Å². The zero-order chi connectivity index (χ0) is 12.4. The molecule has 1 heterocycles. The highest BCUT2D eigenvalue weighted by molar-refractivity contribution is 5.85. The summed E-state index contributed by atoms with van der Waals surface area (Å²) in [5.41, 5.74) is 3.70. The minimum atomic E-state index is 0.612. The van der Waals surface area contributed by atoms with E-state index in [9.17, 15) is 4.79 Å². The van der Waals surface area contributed by atoms with Crippen LogP contribution in [0.25, 0.3) is 11.3 Å². The summed E-state index contributed by atoms with van der Waals surface area (Å²) in [5.74, 6) is 0.612. The maximum absolute atomic E-state index is 11.2. The monoisotopic (exact) mass is 237 g/mol. The second kappa shape index (κ2) is 4.73. The topological polar surface area (TPSA) is 30.0 Å². The second-order valence-electron chi connectivity index (χ2n) is 4.82. The molecule has 1 fully saturated rings. The molecule has 3 rings (SSSR count). The molecular weight excluding hydrogens is 222 g/mol. The molecule has 2 heteroatoms. The van der Waals surface area contributed by atoms with Crippen molar-refractivity contribution in [3.63, 3.8) is 0 Å². The maximum atomic E-state index is 11.2. The van der Waals surface area contributed by atoms with Crippen molar-refractivity contribution in [3.8, 4) is 11.3 Å². The van der Waals surface area contributed by atoms with Crippen LogP contribution in [-0.2, 0) is 0 Å². The van der Waals surface area contributed by atoms with Crippen LogP contribution in [0.15, 0.2) is 42.6 Å². The van der Waals surface area contributed by atoms with Crippen molar-refractivity contribution < 1.29 is 4.79 Å². The van der Waals surface area contributed by atoms with E-state index in [2.05, 4.69) is 4.98 Å². The van der Waals surface area contributed by atoms with Crippen LogP contribution in [0, 0.1) is 0 Å². The Morgan fingerprint density at radius 1 is 1.17 bits per heavy atom. The number of benzene rings is 1. The second-order valence-corrected chi connectivity index (χ2v) is 4.82. The summed E-state index contributed by atoms with van der Waals surface area (Å²) in [4.78, 5) is 15.7. The number of aromatic nitrogens is 1. The fraction of sp³-hybridized carbons (Fsp3) is 0.250. The third kappa shape index (κ3) is 1.94. The van der Waals surface area contributed by atoms with E-state index in [4.69, 9.17) is 0 Å². The summed E-state index contributed by atoms with van der Waals surface area (Å²) < 4.78 is 0. The van der Waals surface area contributed by atoms with Gasteiger partial charge in [0.05, 0.1) is 5.69 Å². The molecule has 0 spiro atoms. The van der Waals surface area contributed by atoms with Crippen LogP contribution in [0.3, 0.4) is 0 Å². The summed E-state index contributed by atoms with van der Waals surface area (Å²) in [6.07, 6.45) is 6.59. The Kier molecular flexibility index (Phi) is 2.93. The fourth-order valence-corrected chi connectivity index (χ4v) is 2.39. The largest absolute Gasteiger partial charge is 0.298 e. The molecule has 0 aliphatic heterocycles. The molecule has 0 amide bonds. The minimum Gasteiger partial charge on any atom is -0.298 e. The van der Waals surface area contributed by atoms with Crippen LogP contribution in [0.5, 0.6) is 0 Å². The van der Waals surface area contributed by atoms with Gasteiger partial charge in [-0.25, -0.2) is 0 Å². The molecule has 0 saturated heterocycles. The normalized spacial score (nSPS) is 15.1. The Bertz CT molecular complexity index is 559. The molecule has 0 bridgehead atoms. The van der Waals surface area contributed by atoms with Crippen molar-refractivity contribution >= 4 is 6.29 Å². The van der Waals surface area contributed by atoms with Gasteiger partial charge in [0.25, 0.3) is 0 Å². The number of nitrogens with zero attached hydrogens (tertiary/aromatic N) is 1. The molecule has 0 unspecified atom stereocenters. The Hall–Kier alpha value is -1.96. The quantitative estimate of drug-likeness (QED) is 0.759. The average molecular weight is 237 g/mol. The van der Waals surface area contributed by atoms with Crippen LogP contribution in [0.1, 0.15) is 41.1 Å². The van der Waals surface area contributed by atoms with E-state index < -0.39 is 0 Å². The summed E-state index contributed by atoms with van der Waals surface area (Å²) in [6, 6.07) is 11.9. The molecule has 1 aromatic carbocycles. The Morgan fingerprint density at radius 2 is 1.94 bits per heavy atom. The molecule has 0 radical (unpaired) electrons. The first-order valence-corrected chi connectivity index (χ1v) is 6.39. The van der Waals surface area contributed by atoms with E-state index in [0.29, 0.717) is 11.5 Å². The van der Waals surface area contributed by atoms with E-state index in [-0.39, 0.29) is 0 Å². The Labute approximate surface area is 107 Å². The fourth-order valence-electron chi connectivity index (χ4n) is 2.39. The van der Waals surface area contributed by atoms with Gasteiger partial charge in [-0.05, 0) is 30.4 Å². The van der Waals surface area contributed by atoms with Gasteiger partial charge in [0, 0.05) is 17.3 Å². The molecule has 2 nitrogen and oxygen atoms in total. The molecular formula is C16H15NO. The van der Waals surface area contributed by atoms with Crippen molar-refractivity contribution in [3.05, 3.63) is 53.7 Å². The molecule has 18 heavy (non-hydrogen) atoms. The average Bonchev–Trinajstić information content (AvgIpc) is 2.37. The van der Waals surface area contributed by atoms with Gasteiger partial charge in [-0.2, -0.15) is 0 Å². The van der Waals surface area contributed by atoms with Crippen molar-refractivity contribution in [2.24, 2.45) is 0 Å². The Balaban J connectivity index is 2.02. The minimum absolute atomic E-state index is 0.612. The Morgan fingerprint density at radius 3 is 2.56 bits per heavy atom. The molecule has 1 saturated carbocycles. The lowest BCUT2D eigenvalue weighted by atomic mass is 9.80. The summed E-state index contributed by atoms with van der Waals surface area (Å²) in [6.45, 7) is 0. The number of hydrogen-bond acceptors (Lipinski definition) is 2. The lowest BCUT2D eigenvalue weighted by molar-refractivity contribution is 0.112. The van der Waals surface area contributed by atoms with Crippen LogP contribution in [0.2, 0.25) is 0 Å². The molecule has 1 aliphatic rings. The van der Waals surface area contributed by atoms with E-state index in [0.717, 1.165) is 17.5 Å². The van der Waals surface area contributed by atoms with Gasteiger partial charge in [0.2, 0.25) is 0 Å². The number of hydrogen-bond donors (Lipinski definition) is 0. The maximum Gasteiger partial charge on any atom is 0.152 e. The van der Waals surface area contributed by atoms with Crippen LogP contribution in [-0.4, -0.2) is 11.3 Å². The van der Waals surface area contributed by atoms with Crippen LogP contribution < -0.4 is 0 Å². The lowest BCUT2D eigenvalue weighted by Crippen LogP contribution is -2.10. The highest BCUT2D eigenvalue weighted by Gasteiger charge is 2.21. The highest BCUT2D eigenvalue weighted by atomic mass is 16.1. The van der Waals surface area contributed by atoms with E-state index in [1.807, 2.05) is 42.6 Å². The molecule has 0 N–H and O–H groups in total. The van der Waals surface area contributed by atoms with Gasteiger partial charge in [-0.3, -0.25) is 9.78 Å². The first kappa shape index (κ1) is 11.1. The van der Waals surface area contributed by atoms with Crippen molar-refractivity contribution in [2.45, 2.75) is 25.2 Å². The van der Waals surface area contributed by atoms with Crippen LogP contribution in [0.4, 0.5) is 0 Å². The van der Waals surface area contributed by atoms with Gasteiger partial charge >= 0.3 is 0 Å². The zero-order valence-corrected chi connectivity index (χ0v) is 10.2. The summed E-state index contributed by atoms with van der Waals surface area (Å²) in [7, 11) is 0. The first-order valence-electron chi connectivity index (χ1n) is 6.39. The standard InChI is InChI=1S/C16H15NO/c18-11-15-9-14(12-7-4-8-12)10-17-16(15)13-5-2-1-3-6-13/h1-3,5-6,9-12H,4,7-8H2. The number of rotatable bonds is 3. The van der Waals surface area contributed by atoms with Gasteiger partial charge in [0.1, 0.15) is 0 Å². The molecule has 1 aromatic heterocycles. The predicted molar refractivity (Wildman–Crippen MR) is 71.7 cm³/mol. The number of carbonyl (C=O) groups excluding carboxylic acids is 1. The van der Waals surface area contributed by atoms with Gasteiger partial charge in [-0.1, -0.05) is 36.8 Å². The molecule has 0 atom stereocenters. The van der Waals surface area contributed by atoms with Gasteiger partial charge in [-0.15, -0.1) is 0 Å².